The molecule has 0 bridgehead atoms. The van der Waals surface area contributed by atoms with Crippen molar-refractivity contribution in [3.05, 3.63) is 53.6 Å². The van der Waals surface area contributed by atoms with Crippen molar-refractivity contribution in [1.82, 2.24) is 9.97 Å². The molecule has 2 aromatic rings. The van der Waals surface area contributed by atoms with Gasteiger partial charge in [-0.05, 0) is 26.0 Å². The van der Waals surface area contributed by atoms with Gasteiger partial charge in [0.15, 0.2) is 9.84 Å². The molecule has 0 saturated carbocycles. The largest absolute Gasteiger partial charge is 0.239 e. The van der Waals surface area contributed by atoms with Crippen LogP contribution in [0.3, 0.4) is 0 Å². The van der Waals surface area contributed by atoms with Crippen LogP contribution in [0.25, 0.3) is 0 Å². The molecule has 6 heteroatoms. The molecule has 0 spiro atoms. The number of aryl methyl sites for hydroxylation is 1. The first-order chi connectivity index (χ1) is 9.45. The maximum atomic E-state index is 12.5. The number of benzene rings is 1. The van der Waals surface area contributed by atoms with Crippen LogP contribution in [0, 0.1) is 18.3 Å². The summed E-state index contributed by atoms with van der Waals surface area (Å²) in [5.74, 6) is 0.185. The Morgan fingerprint density at radius 3 is 2.20 bits per heavy atom. The number of hydrogen-bond acceptors (Lipinski definition) is 5. The minimum atomic E-state index is -3.54. The summed E-state index contributed by atoms with van der Waals surface area (Å²) in [6, 6.07) is 8.54. The first-order valence-electron chi connectivity index (χ1n) is 5.98. The Labute approximate surface area is 117 Å². The predicted octanol–water partition coefficient (Wildman–Crippen LogP) is 2.19. The molecule has 0 saturated heterocycles. The molecule has 1 heterocycles. The van der Waals surface area contributed by atoms with Crippen LogP contribution in [0.15, 0.2) is 41.6 Å². The molecular weight excluding hydrogens is 274 g/mol. The zero-order valence-corrected chi connectivity index (χ0v) is 11.9. The highest BCUT2D eigenvalue weighted by atomic mass is 32.2. The van der Waals surface area contributed by atoms with E-state index in [-0.39, 0.29) is 10.7 Å². The fourth-order valence-electron chi connectivity index (χ4n) is 1.68. The van der Waals surface area contributed by atoms with Gasteiger partial charge in [0.2, 0.25) is 0 Å². The third-order valence-corrected chi connectivity index (χ3v) is 5.05. The predicted molar refractivity (Wildman–Crippen MR) is 73.5 cm³/mol. The lowest BCUT2D eigenvalue weighted by molar-refractivity contribution is 0.583. The summed E-state index contributed by atoms with van der Waals surface area (Å²) in [6.45, 7) is 3.43. The fourth-order valence-corrected chi connectivity index (χ4v) is 3.00. The van der Waals surface area contributed by atoms with Crippen molar-refractivity contribution in [2.45, 2.75) is 24.0 Å². The van der Waals surface area contributed by atoms with Crippen molar-refractivity contribution in [2.75, 3.05) is 0 Å². The van der Waals surface area contributed by atoms with E-state index in [1.54, 1.807) is 24.3 Å². The summed E-state index contributed by atoms with van der Waals surface area (Å²) in [5.41, 5.74) is 1.29. The van der Waals surface area contributed by atoms with Crippen molar-refractivity contribution in [1.29, 1.82) is 5.26 Å². The van der Waals surface area contributed by atoms with Crippen molar-refractivity contribution in [3.63, 3.8) is 0 Å². The Hall–Kier alpha value is -2.26. The monoisotopic (exact) mass is 287 g/mol. The normalized spacial score (nSPS) is 12.7. The molecule has 20 heavy (non-hydrogen) atoms. The molecule has 1 aromatic carbocycles. The Morgan fingerprint density at radius 1 is 1.15 bits per heavy atom. The van der Waals surface area contributed by atoms with Crippen LogP contribution in [0.4, 0.5) is 0 Å². The molecule has 0 radical (unpaired) electrons. The number of nitriles is 1. The van der Waals surface area contributed by atoms with E-state index in [4.69, 9.17) is 5.26 Å². The highest BCUT2D eigenvalue weighted by Gasteiger charge is 2.26. The van der Waals surface area contributed by atoms with E-state index >= 15 is 0 Å². The molecule has 0 aliphatic rings. The van der Waals surface area contributed by atoms with Gasteiger partial charge in [0.05, 0.1) is 10.5 Å². The topological polar surface area (TPSA) is 83.7 Å². The second-order valence-corrected chi connectivity index (χ2v) is 6.71. The van der Waals surface area contributed by atoms with Gasteiger partial charge in [0.25, 0.3) is 0 Å². The third-order valence-electron chi connectivity index (χ3n) is 2.98. The Bertz CT molecular complexity index is 745. The molecule has 2 rings (SSSR count). The third kappa shape index (κ3) is 2.68. The number of nitrogens with zero attached hydrogens (tertiary/aromatic N) is 3. The number of sulfone groups is 1. The van der Waals surface area contributed by atoms with E-state index in [2.05, 4.69) is 9.97 Å². The fraction of sp³-hybridized carbons (Fsp3) is 0.214. The summed E-state index contributed by atoms with van der Waals surface area (Å²) >= 11 is 0. The van der Waals surface area contributed by atoms with Crippen LogP contribution < -0.4 is 0 Å². The summed E-state index contributed by atoms with van der Waals surface area (Å²) in [7, 11) is -3.54. The number of aromatic nitrogens is 2. The second-order valence-electron chi connectivity index (χ2n) is 4.44. The molecule has 1 atom stereocenters. The Kier molecular flexibility index (Phi) is 3.81. The molecule has 1 aromatic heterocycles. The maximum Gasteiger partial charge on any atom is 0.188 e. The lowest BCUT2D eigenvalue weighted by atomic mass is 10.2. The molecule has 0 aliphatic heterocycles. The van der Waals surface area contributed by atoms with Crippen LogP contribution in [0.5, 0.6) is 0 Å². The van der Waals surface area contributed by atoms with Crippen LogP contribution in [0.1, 0.15) is 29.1 Å². The van der Waals surface area contributed by atoms with Crippen molar-refractivity contribution >= 4 is 9.84 Å². The first kappa shape index (κ1) is 14.2. The van der Waals surface area contributed by atoms with Crippen molar-refractivity contribution in [3.8, 4) is 6.07 Å². The van der Waals surface area contributed by atoms with E-state index in [0.717, 1.165) is 5.56 Å². The van der Waals surface area contributed by atoms with Gasteiger partial charge < -0.3 is 0 Å². The molecule has 0 aliphatic carbocycles. The minimum Gasteiger partial charge on any atom is -0.239 e. The van der Waals surface area contributed by atoms with Gasteiger partial charge in [-0.15, -0.1) is 0 Å². The smallest absolute Gasteiger partial charge is 0.188 e. The number of rotatable bonds is 3. The van der Waals surface area contributed by atoms with Gasteiger partial charge in [-0.2, -0.15) is 5.26 Å². The quantitative estimate of drug-likeness (QED) is 0.864. The van der Waals surface area contributed by atoms with Crippen LogP contribution in [-0.2, 0) is 9.84 Å². The van der Waals surface area contributed by atoms with E-state index in [1.807, 2.05) is 13.0 Å². The summed E-state index contributed by atoms with van der Waals surface area (Å²) < 4.78 is 24.9. The molecule has 0 N–H and O–H groups in total. The zero-order chi connectivity index (χ0) is 14.8. The summed E-state index contributed by atoms with van der Waals surface area (Å²) in [6.07, 6.45) is 2.65. The highest BCUT2D eigenvalue weighted by Crippen LogP contribution is 2.26. The molecule has 5 nitrogen and oxygen atoms in total. The van der Waals surface area contributed by atoms with Gasteiger partial charge in [0.1, 0.15) is 17.1 Å². The van der Waals surface area contributed by atoms with E-state index in [9.17, 15) is 8.42 Å². The molecule has 102 valence electrons. The van der Waals surface area contributed by atoms with Gasteiger partial charge in [0, 0.05) is 12.4 Å². The standard InChI is InChI=1S/C14H13N3O2S/c1-10-3-5-13(6-4-10)20(18,19)11(2)14-16-8-12(7-15)9-17-14/h3-6,8-9,11H,1-2H3. The lowest BCUT2D eigenvalue weighted by Crippen LogP contribution is -2.13. The molecule has 0 fully saturated rings. The van der Waals surface area contributed by atoms with Gasteiger partial charge in [-0.1, -0.05) is 17.7 Å². The lowest BCUT2D eigenvalue weighted by Gasteiger charge is -2.11. The number of hydrogen-bond donors (Lipinski definition) is 0. The van der Waals surface area contributed by atoms with Gasteiger partial charge >= 0.3 is 0 Å². The Balaban J connectivity index is 2.38. The second kappa shape index (κ2) is 5.39. The van der Waals surface area contributed by atoms with Crippen LogP contribution >= 0.6 is 0 Å². The highest BCUT2D eigenvalue weighted by molar-refractivity contribution is 7.91. The average Bonchev–Trinajstić information content (AvgIpc) is 2.47. The zero-order valence-electron chi connectivity index (χ0n) is 11.1. The van der Waals surface area contributed by atoms with Crippen molar-refractivity contribution in [2.24, 2.45) is 0 Å². The summed E-state index contributed by atoms with van der Waals surface area (Å²) in [4.78, 5) is 8.13. The first-order valence-corrected chi connectivity index (χ1v) is 7.52. The summed E-state index contributed by atoms with van der Waals surface area (Å²) in [5, 5.41) is 7.82. The molecule has 0 amide bonds. The SMILES string of the molecule is Cc1ccc(S(=O)(=O)C(C)c2ncc(C#N)cn2)cc1. The molecule has 1 unspecified atom stereocenters. The molecular formula is C14H13N3O2S. The van der Waals surface area contributed by atoms with Crippen molar-refractivity contribution < 1.29 is 8.42 Å². The van der Waals surface area contributed by atoms with Gasteiger partial charge in [-0.3, -0.25) is 0 Å². The minimum absolute atomic E-state index is 0.185. The van der Waals surface area contributed by atoms with Crippen LogP contribution in [0.2, 0.25) is 0 Å². The van der Waals surface area contributed by atoms with E-state index in [0.29, 0.717) is 5.56 Å². The van der Waals surface area contributed by atoms with Gasteiger partial charge in [-0.25, -0.2) is 18.4 Å². The average molecular weight is 287 g/mol. The van der Waals surface area contributed by atoms with Crippen LogP contribution in [-0.4, -0.2) is 18.4 Å². The van der Waals surface area contributed by atoms with E-state index in [1.165, 1.54) is 19.3 Å². The Morgan fingerprint density at radius 2 is 1.70 bits per heavy atom. The maximum absolute atomic E-state index is 12.5. The van der Waals surface area contributed by atoms with E-state index < -0.39 is 15.1 Å².